The van der Waals surface area contributed by atoms with Crippen molar-refractivity contribution in [1.29, 1.82) is 0 Å². The van der Waals surface area contributed by atoms with E-state index in [4.69, 9.17) is 0 Å². The van der Waals surface area contributed by atoms with Gasteiger partial charge in [0.1, 0.15) is 5.82 Å². The number of anilines is 3. The van der Waals surface area contributed by atoms with Gasteiger partial charge in [-0.2, -0.15) is 5.21 Å². The Balaban J connectivity index is 1.74. The first-order valence-electron chi connectivity index (χ1n) is 7.87. The van der Waals surface area contributed by atoms with E-state index in [0.717, 1.165) is 0 Å². The van der Waals surface area contributed by atoms with E-state index in [2.05, 4.69) is 39.9 Å². The molecule has 7 heteroatoms. The summed E-state index contributed by atoms with van der Waals surface area (Å²) >= 11 is 0. The summed E-state index contributed by atoms with van der Waals surface area (Å²) in [6, 6.07) is 13.5. The third-order valence-corrected chi connectivity index (χ3v) is 3.69. The minimum atomic E-state index is -0.412. The van der Waals surface area contributed by atoms with Crippen LogP contribution in [0.3, 0.4) is 0 Å². The van der Waals surface area contributed by atoms with Crippen molar-refractivity contribution in [1.82, 2.24) is 15.4 Å². The number of rotatable bonds is 5. The number of carbonyl (C=O) groups excluding carboxylic acids is 1. The summed E-state index contributed by atoms with van der Waals surface area (Å²) in [5.74, 6) is -0.154. The molecule has 128 valence electrons. The van der Waals surface area contributed by atoms with Crippen LogP contribution in [0.15, 0.2) is 48.5 Å². The zero-order valence-electron chi connectivity index (χ0n) is 13.9. The quantitative estimate of drug-likeness (QED) is 0.654. The second kappa shape index (κ2) is 7.12. The molecule has 6 nitrogen and oxygen atoms in total. The SMILES string of the molecule is CC(C)c1ccc(NC(=O)c2n[nH]nc2Nc2cccc(F)c2)cc1. The Hall–Kier alpha value is -3.22. The smallest absolute Gasteiger partial charge is 0.280 e. The van der Waals surface area contributed by atoms with Crippen LogP contribution in [0.4, 0.5) is 21.6 Å². The maximum absolute atomic E-state index is 13.3. The van der Waals surface area contributed by atoms with E-state index in [1.165, 1.54) is 17.7 Å². The number of halogens is 1. The molecule has 0 spiro atoms. The summed E-state index contributed by atoms with van der Waals surface area (Å²) in [5, 5.41) is 15.8. The van der Waals surface area contributed by atoms with E-state index in [0.29, 0.717) is 17.3 Å². The van der Waals surface area contributed by atoms with Crippen molar-refractivity contribution in [2.75, 3.05) is 10.6 Å². The van der Waals surface area contributed by atoms with Crippen LogP contribution in [0.1, 0.15) is 35.8 Å². The lowest BCUT2D eigenvalue weighted by molar-refractivity contribution is 0.102. The van der Waals surface area contributed by atoms with Crippen molar-refractivity contribution < 1.29 is 9.18 Å². The lowest BCUT2D eigenvalue weighted by Gasteiger charge is -2.08. The molecular weight excluding hydrogens is 321 g/mol. The Morgan fingerprint density at radius 2 is 1.84 bits per heavy atom. The molecule has 0 atom stereocenters. The van der Waals surface area contributed by atoms with Crippen molar-refractivity contribution >= 4 is 23.1 Å². The fraction of sp³-hybridized carbons (Fsp3) is 0.167. The molecule has 25 heavy (non-hydrogen) atoms. The van der Waals surface area contributed by atoms with Gasteiger partial charge in [0, 0.05) is 11.4 Å². The summed E-state index contributed by atoms with van der Waals surface area (Å²) in [7, 11) is 0. The Labute approximate surface area is 144 Å². The lowest BCUT2D eigenvalue weighted by atomic mass is 10.0. The van der Waals surface area contributed by atoms with E-state index in [-0.39, 0.29) is 17.3 Å². The summed E-state index contributed by atoms with van der Waals surface area (Å²) < 4.78 is 13.3. The first-order valence-corrected chi connectivity index (χ1v) is 7.87. The lowest BCUT2D eigenvalue weighted by Crippen LogP contribution is -2.14. The standard InChI is InChI=1S/C18H18FN5O/c1-11(2)12-6-8-14(9-7-12)21-18(25)16-17(23-24-22-16)20-15-5-3-4-13(19)10-15/h3-11H,1-2H3,(H,21,25)(H2,20,22,23,24). The van der Waals surface area contributed by atoms with Crippen molar-refractivity contribution in [2.45, 2.75) is 19.8 Å². The third-order valence-electron chi connectivity index (χ3n) is 3.69. The number of H-pyrrole nitrogens is 1. The molecule has 1 heterocycles. The summed E-state index contributed by atoms with van der Waals surface area (Å²) in [6.07, 6.45) is 0. The Bertz CT molecular complexity index is 873. The molecule has 1 amide bonds. The average Bonchev–Trinajstić information content (AvgIpc) is 3.03. The minimum absolute atomic E-state index is 0.0946. The van der Waals surface area contributed by atoms with Crippen LogP contribution < -0.4 is 10.6 Å². The highest BCUT2D eigenvalue weighted by molar-refractivity contribution is 6.06. The largest absolute Gasteiger partial charge is 0.337 e. The maximum atomic E-state index is 13.3. The molecule has 2 aromatic carbocycles. The first kappa shape index (κ1) is 16.6. The number of nitrogens with zero attached hydrogens (tertiary/aromatic N) is 2. The summed E-state index contributed by atoms with van der Waals surface area (Å²) in [4.78, 5) is 12.4. The van der Waals surface area contributed by atoms with Crippen LogP contribution in [-0.2, 0) is 0 Å². The number of aromatic nitrogens is 3. The van der Waals surface area contributed by atoms with Gasteiger partial charge in [0.05, 0.1) is 0 Å². The number of hydrogen-bond donors (Lipinski definition) is 3. The van der Waals surface area contributed by atoms with Crippen LogP contribution >= 0.6 is 0 Å². The topological polar surface area (TPSA) is 82.7 Å². The average molecular weight is 339 g/mol. The molecule has 0 unspecified atom stereocenters. The fourth-order valence-electron chi connectivity index (χ4n) is 2.32. The number of aromatic amines is 1. The van der Waals surface area contributed by atoms with E-state index in [9.17, 15) is 9.18 Å². The van der Waals surface area contributed by atoms with Gasteiger partial charge in [-0.1, -0.05) is 32.0 Å². The molecule has 0 saturated heterocycles. The molecule has 3 rings (SSSR count). The highest BCUT2D eigenvalue weighted by Gasteiger charge is 2.17. The maximum Gasteiger partial charge on any atom is 0.280 e. The second-order valence-corrected chi connectivity index (χ2v) is 5.89. The highest BCUT2D eigenvalue weighted by atomic mass is 19.1. The number of amides is 1. The Morgan fingerprint density at radius 1 is 1.08 bits per heavy atom. The summed E-state index contributed by atoms with van der Waals surface area (Å²) in [6.45, 7) is 4.21. The van der Waals surface area contributed by atoms with Crippen molar-refractivity contribution in [3.05, 3.63) is 65.6 Å². The molecular formula is C18H18FN5O. The van der Waals surface area contributed by atoms with Crippen LogP contribution in [0.5, 0.6) is 0 Å². The number of hydrogen-bond acceptors (Lipinski definition) is 4. The van der Waals surface area contributed by atoms with Crippen LogP contribution in [-0.4, -0.2) is 21.3 Å². The Kier molecular flexibility index (Phi) is 4.74. The van der Waals surface area contributed by atoms with Gasteiger partial charge >= 0.3 is 0 Å². The van der Waals surface area contributed by atoms with Crippen molar-refractivity contribution in [3.8, 4) is 0 Å². The van der Waals surface area contributed by atoms with Gasteiger partial charge < -0.3 is 10.6 Å². The predicted octanol–water partition coefficient (Wildman–Crippen LogP) is 4.06. The predicted molar refractivity (Wildman–Crippen MR) is 94.5 cm³/mol. The van der Waals surface area contributed by atoms with Crippen molar-refractivity contribution in [3.63, 3.8) is 0 Å². The van der Waals surface area contributed by atoms with Gasteiger partial charge in [0.2, 0.25) is 0 Å². The zero-order valence-corrected chi connectivity index (χ0v) is 13.9. The minimum Gasteiger partial charge on any atom is -0.337 e. The first-order chi connectivity index (χ1) is 12.0. The fourth-order valence-corrected chi connectivity index (χ4v) is 2.32. The van der Waals surface area contributed by atoms with Crippen LogP contribution in [0.25, 0.3) is 0 Å². The van der Waals surface area contributed by atoms with E-state index >= 15 is 0 Å². The van der Waals surface area contributed by atoms with Crippen LogP contribution in [0.2, 0.25) is 0 Å². The summed E-state index contributed by atoms with van der Waals surface area (Å²) in [5.41, 5.74) is 2.42. The van der Waals surface area contributed by atoms with Gasteiger partial charge in [0.25, 0.3) is 5.91 Å². The van der Waals surface area contributed by atoms with Gasteiger partial charge in [-0.25, -0.2) is 4.39 Å². The monoisotopic (exact) mass is 339 g/mol. The number of nitrogens with one attached hydrogen (secondary N) is 3. The number of carbonyl (C=O) groups is 1. The molecule has 3 N–H and O–H groups in total. The molecule has 0 aliphatic rings. The van der Waals surface area contributed by atoms with Gasteiger partial charge in [-0.15, -0.1) is 10.2 Å². The van der Waals surface area contributed by atoms with Gasteiger partial charge in [0.15, 0.2) is 11.5 Å². The van der Waals surface area contributed by atoms with E-state index in [1.807, 2.05) is 24.3 Å². The number of benzene rings is 2. The molecule has 0 fully saturated rings. The zero-order chi connectivity index (χ0) is 17.8. The van der Waals surface area contributed by atoms with Gasteiger partial charge in [-0.05, 0) is 41.8 Å². The second-order valence-electron chi connectivity index (χ2n) is 5.89. The Morgan fingerprint density at radius 3 is 2.52 bits per heavy atom. The third kappa shape index (κ3) is 4.00. The molecule has 1 aromatic heterocycles. The molecule has 0 aliphatic heterocycles. The highest BCUT2D eigenvalue weighted by Crippen LogP contribution is 2.20. The van der Waals surface area contributed by atoms with E-state index < -0.39 is 5.91 Å². The van der Waals surface area contributed by atoms with Gasteiger partial charge in [-0.3, -0.25) is 4.79 Å². The molecule has 3 aromatic rings. The normalized spacial score (nSPS) is 10.7. The van der Waals surface area contributed by atoms with E-state index in [1.54, 1.807) is 12.1 Å². The van der Waals surface area contributed by atoms with Crippen LogP contribution in [0, 0.1) is 5.82 Å². The molecule has 0 radical (unpaired) electrons. The van der Waals surface area contributed by atoms with Crippen molar-refractivity contribution in [2.24, 2.45) is 0 Å². The molecule has 0 saturated carbocycles. The molecule has 0 aliphatic carbocycles. The molecule has 0 bridgehead atoms.